The Balaban J connectivity index is 2.07. The molecule has 2 bridgehead atoms. The van der Waals surface area contributed by atoms with Gasteiger partial charge in [0.2, 0.25) is 0 Å². The van der Waals surface area contributed by atoms with Crippen molar-refractivity contribution in [3.63, 3.8) is 0 Å². The van der Waals surface area contributed by atoms with Gasteiger partial charge in [-0.05, 0) is 37.0 Å². The van der Waals surface area contributed by atoms with E-state index in [1.54, 1.807) is 0 Å². The zero-order chi connectivity index (χ0) is 11.3. The number of nitrogens with one attached hydrogen (secondary N) is 1. The Morgan fingerprint density at radius 3 is 2.47 bits per heavy atom. The normalized spacial score (nSPS) is 47.4. The van der Waals surface area contributed by atoms with Gasteiger partial charge in [0.25, 0.3) is 0 Å². The third-order valence-corrected chi connectivity index (χ3v) is 4.94. The maximum Gasteiger partial charge on any atom is 0.0805 e. The van der Waals surface area contributed by atoms with Gasteiger partial charge in [0.1, 0.15) is 0 Å². The molecule has 3 fully saturated rings. The van der Waals surface area contributed by atoms with Crippen LogP contribution in [0.2, 0.25) is 0 Å². The van der Waals surface area contributed by atoms with Gasteiger partial charge in [0.05, 0.1) is 5.60 Å². The third kappa shape index (κ3) is 1.52. The summed E-state index contributed by atoms with van der Waals surface area (Å²) in [5, 5.41) is 14.0. The summed E-state index contributed by atoms with van der Waals surface area (Å²) in [5.74, 6) is 1.22. The molecule has 3 heteroatoms. The zero-order valence-electron chi connectivity index (χ0n) is 10.1. The summed E-state index contributed by atoms with van der Waals surface area (Å²) < 4.78 is 0. The Morgan fingerprint density at radius 1 is 1.33 bits per heavy atom. The molecule has 3 nitrogen and oxygen atoms in total. The lowest BCUT2D eigenvalue weighted by Crippen LogP contribution is -2.69. The molecular formula is C12H24N2O. The summed E-state index contributed by atoms with van der Waals surface area (Å²) in [7, 11) is 0. The Labute approximate surface area is 92.4 Å². The van der Waals surface area contributed by atoms with E-state index < -0.39 is 5.60 Å². The molecule has 0 unspecified atom stereocenters. The van der Waals surface area contributed by atoms with Crippen LogP contribution < -0.4 is 11.1 Å². The first-order valence-electron chi connectivity index (χ1n) is 6.06. The number of rotatable bonds is 3. The standard InChI is InChI=1S/C12H24N2O/c1-11(2)8-6-9(11)12(3,15)10(7-8)14-5-4-13/h8-10,14-15H,4-7,13H2,1-3H3/t8-,9-,10+,12-/m1/s1. The van der Waals surface area contributed by atoms with Crippen molar-refractivity contribution in [1.29, 1.82) is 0 Å². The highest BCUT2D eigenvalue weighted by Gasteiger charge is 2.62. The number of fused-ring (bicyclic) bond motifs is 2. The molecule has 0 aromatic rings. The van der Waals surface area contributed by atoms with Gasteiger partial charge >= 0.3 is 0 Å². The fourth-order valence-electron chi connectivity index (χ4n) is 3.72. The van der Waals surface area contributed by atoms with Gasteiger partial charge in [-0.2, -0.15) is 0 Å². The Hall–Kier alpha value is -0.120. The fourth-order valence-corrected chi connectivity index (χ4v) is 3.72. The van der Waals surface area contributed by atoms with E-state index in [0.717, 1.165) is 18.9 Å². The second kappa shape index (κ2) is 3.44. The molecule has 0 saturated heterocycles. The van der Waals surface area contributed by atoms with Crippen LogP contribution in [0.25, 0.3) is 0 Å². The second-order valence-corrected chi connectivity index (χ2v) is 6.06. The molecule has 0 radical (unpaired) electrons. The Morgan fingerprint density at radius 2 is 2.00 bits per heavy atom. The van der Waals surface area contributed by atoms with Crippen molar-refractivity contribution < 1.29 is 5.11 Å². The van der Waals surface area contributed by atoms with E-state index in [9.17, 15) is 5.11 Å². The van der Waals surface area contributed by atoms with Crippen LogP contribution >= 0.6 is 0 Å². The Bertz CT molecular complexity index is 250. The molecule has 0 aliphatic heterocycles. The van der Waals surface area contributed by atoms with Crippen LogP contribution in [0.4, 0.5) is 0 Å². The van der Waals surface area contributed by atoms with Gasteiger partial charge in [0.15, 0.2) is 0 Å². The smallest absolute Gasteiger partial charge is 0.0805 e. The molecule has 4 atom stereocenters. The predicted octanol–water partition coefficient (Wildman–Crippen LogP) is 0.720. The van der Waals surface area contributed by atoms with Crippen molar-refractivity contribution >= 4 is 0 Å². The lowest BCUT2D eigenvalue weighted by molar-refractivity contribution is -0.208. The predicted molar refractivity (Wildman–Crippen MR) is 61.5 cm³/mol. The molecule has 0 aromatic heterocycles. The highest BCUT2D eigenvalue weighted by atomic mass is 16.3. The summed E-state index contributed by atoms with van der Waals surface area (Å²) in [6.07, 6.45) is 2.29. The molecule has 0 heterocycles. The van der Waals surface area contributed by atoms with Crippen molar-refractivity contribution in [2.45, 2.75) is 45.3 Å². The average molecular weight is 212 g/mol. The molecule has 3 saturated carbocycles. The minimum absolute atomic E-state index is 0.234. The Kier molecular flexibility index (Phi) is 2.61. The fraction of sp³-hybridized carbons (Fsp3) is 1.00. The van der Waals surface area contributed by atoms with E-state index in [4.69, 9.17) is 5.73 Å². The van der Waals surface area contributed by atoms with Crippen LogP contribution in [-0.4, -0.2) is 29.8 Å². The highest BCUT2D eigenvalue weighted by molar-refractivity contribution is 5.14. The van der Waals surface area contributed by atoms with Crippen molar-refractivity contribution in [3.05, 3.63) is 0 Å². The number of hydrogen-bond donors (Lipinski definition) is 3. The second-order valence-electron chi connectivity index (χ2n) is 6.06. The topological polar surface area (TPSA) is 58.3 Å². The first-order valence-corrected chi connectivity index (χ1v) is 6.06. The van der Waals surface area contributed by atoms with Crippen molar-refractivity contribution in [2.24, 2.45) is 23.0 Å². The van der Waals surface area contributed by atoms with Crippen LogP contribution in [0, 0.1) is 17.3 Å². The van der Waals surface area contributed by atoms with E-state index in [2.05, 4.69) is 19.2 Å². The molecule has 0 spiro atoms. The van der Waals surface area contributed by atoms with Crippen molar-refractivity contribution in [2.75, 3.05) is 13.1 Å². The van der Waals surface area contributed by atoms with Crippen LogP contribution in [0.5, 0.6) is 0 Å². The summed E-state index contributed by atoms with van der Waals surface area (Å²) in [5.41, 5.74) is 5.25. The van der Waals surface area contributed by atoms with Crippen LogP contribution in [0.15, 0.2) is 0 Å². The maximum atomic E-state index is 10.6. The van der Waals surface area contributed by atoms with Crippen LogP contribution in [-0.2, 0) is 0 Å². The first-order chi connectivity index (χ1) is 6.90. The molecular weight excluding hydrogens is 188 g/mol. The van der Waals surface area contributed by atoms with Gasteiger partial charge in [-0.3, -0.25) is 0 Å². The van der Waals surface area contributed by atoms with Gasteiger partial charge in [-0.1, -0.05) is 13.8 Å². The van der Waals surface area contributed by atoms with Crippen molar-refractivity contribution in [3.8, 4) is 0 Å². The van der Waals surface area contributed by atoms with Gasteiger partial charge in [0, 0.05) is 19.1 Å². The first kappa shape index (κ1) is 11.4. The van der Waals surface area contributed by atoms with Crippen LogP contribution in [0.1, 0.15) is 33.6 Å². The summed E-state index contributed by atoms with van der Waals surface area (Å²) in [4.78, 5) is 0. The molecule has 3 aliphatic rings. The number of aliphatic hydroxyl groups is 1. The van der Waals surface area contributed by atoms with E-state index >= 15 is 0 Å². The maximum absolute atomic E-state index is 10.6. The third-order valence-electron chi connectivity index (χ3n) is 4.94. The highest BCUT2D eigenvalue weighted by Crippen LogP contribution is 2.62. The zero-order valence-corrected chi connectivity index (χ0v) is 10.1. The molecule has 88 valence electrons. The largest absolute Gasteiger partial charge is 0.388 e. The minimum atomic E-state index is -0.562. The summed E-state index contributed by atoms with van der Waals surface area (Å²) in [6.45, 7) is 8.02. The van der Waals surface area contributed by atoms with Crippen molar-refractivity contribution in [1.82, 2.24) is 5.32 Å². The molecule has 4 N–H and O–H groups in total. The number of hydrogen-bond acceptors (Lipinski definition) is 3. The van der Waals surface area contributed by atoms with E-state index in [1.165, 1.54) is 6.42 Å². The SMILES string of the molecule is CC1(C)[C@H]2C[C@H](NCCN)[C@](C)(O)[C@@H]1C2. The molecule has 3 rings (SSSR count). The van der Waals surface area contributed by atoms with E-state index in [0.29, 0.717) is 17.9 Å². The molecule has 15 heavy (non-hydrogen) atoms. The van der Waals surface area contributed by atoms with Crippen LogP contribution in [0.3, 0.4) is 0 Å². The molecule has 0 aromatic carbocycles. The molecule has 0 amide bonds. The monoisotopic (exact) mass is 212 g/mol. The molecule has 3 aliphatic carbocycles. The van der Waals surface area contributed by atoms with Gasteiger partial charge < -0.3 is 16.2 Å². The average Bonchev–Trinajstić information content (AvgIpc) is 2.14. The lowest BCUT2D eigenvalue weighted by atomic mass is 9.43. The number of nitrogens with two attached hydrogens (primary N) is 1. The summed E-state index contributed by atoms with van der Waals surface area (Å²) in [6, 6.07) is 0.234. The quantitative estimate of drug-likeness (QED) is 0.646. The minimum Gasteiger partial charge on any atom is -0.388 e. The van der Waals surface area contributed by atoms with Gasteiger partial charge in [-0.25, -0.2) is 0 Å². The van der Waals surface area contributed by atoms with E-state index in [-0.39, 0.29) is 6.04 Å². The lowest BCUT2D eigenvalue weighted by Gasteiger charge is -2.65. The summed E-state index contributed by atoms with van der Waals surface area (Å²) >= 11 is 0. The van der Waals surface area contributed by atoms with Gasteiger partial charge in [-0.15, -0.1) is 0 Å². The van der Waals surface area contributed by atoms with E-state index in [1.807, 2.05) is 6.92 Å².